The quantitative estimate of drug-likeness (QED) is 0.742. The number of nitrogens with two attached hydrogens (primary N) is 1. The highest BCUT2D eigenvalue weighted by Crippen LogP contribution is 2.13. The molecule has 0 saturated heterocycles. The van der Waals surface area contributed by atoms with Gasteiger partial charge in [0.15, 0.2) is 0 Å². The van der Waals surface area contributed by atoms with Crippen LogP contribution in [0.4, 0.5) is 0 Å². The summed E-state index contributed by atoms with van der Waals surface area (Å²) in [7, 11) is 0. The van der Waals surface area contributed by atoms with Crippen LogP contribution in [0.15, 0.2) is 12.4 Å². The van der Waals surface area contributed by atoms with Crippen LogP contribution in [-0.2, 0) is 6.54 Å². The Morgan fingerprint density at radius 2 is 2.08 bits per heavy atom. The van der Waals surface area contributed by atoms with Gasteiger partial charge < -0.3 is 10.5 Å². The lowest BCUT2D eigenvalue weighted by atomic mass is 10.2. The molecule has 0 aliphatic heterocycles. The molecule has 1 aromatic heterocycles. The molecule has 0 fully saturated rings. The minimum Gasteiger partial charge on any atom is -0.471 e. The van der Waals surface area contributed by atoms with Crippen LogP contribution >= 0.6 is 0 Å². The number of hydrogen-bond donors (Lipinski definition) is 1. The Hall–Kier alpha value is -1.16. The molecule has 0 aromatic carbocycles. The van der Waals surface area contributed by atoms with Gasteiger partial charge in [-0.25, -0.2) is 4.98 Å². The molecule has 4 nitrogen and oxygen atoms in total. The molecule has 1 aromatic rings. The van der Waals surface area contributed by atoms with Crippen molar-refractivity contribution < 1.29 is 4.74 Å². The highest BCUT2D eigenvalue weighted by atomic mass is 16.5. The summed E-state index contributed by atoms with van der Waals surface area (Å²) in [4.78, 5) is 8.14. The van der Waals surface area contributed by atoms with Gasteiger partial charge >= 0.3 is 0 Å². The van der Waals surface area contributed by atoms with Crippen LogP contribution in [-0.4, -0.2) is 15.6 Å². The second-order valence-corrected chi connectivity index (χ2v) is 3.77. The zero-order chi connectivity index (χ0) is 9.90. The lowest BCUT2D eigenvalue weighted by molar-refractivity contribution is 0.123. The second kappa shape index (κ2) is 3.70. The third kappa shape index (κ3) is 3.38. The first kappa shape index (κ1) is 9.92. The Morgan fingerprint density at radius 3 is 2.62 bits per heavy atom. The number of nitrogens with zero attached hydrogens (tertiary/aromatic N) is 2. The average molecular weight is 181 g/mol. The third-order valence-corrected chi connectivity index (χ3v) is 1.28. The van der Waals surface area contributed by atoms with Crippen molar-refractivity contribution in [2.45, 2.75) is 32.9 Å². The zero-order valence-corrected chi connectivity index (χ0v) is 8.24. The van der Waals surface area contributed by atoms with E-state index in [0.29, 0.717) is 12.4 Å². The van der Waals surface area contributed by atoms with Crippen molar-refractivity contribution in [1.29, 1.82) is 0 Å². The van der Waals surface area contributed by atoms with Crippen LogP contribution in [0.5, 0.6) is 5.88 Å². The van der Waals surface area contributed by atoms with Gasteiger partial charge in [-0.3, -0.25) is 4.98 Å². The predicted molar refractivity (Wildman–Crippen MR) is 50.3 cm³/mol. The number of hydrogen-bond acceptors (Lipinski definition) is 4. The maximum atomic E-state index is 5.52. The SMILES string of the molecule is CC(C)(C)Oc1cncc(CN)n1. The van der Waals surface area contributed by atoms with E-state index in [-0.39, 0.29) is 5.60 Å². The van der Waals surface area contributed by atoms with Gasteiger partial charge in [0.2, 0.25) is 5.88 Å². The van der Waals surface area contributed by atoms with E-state index in [1.165, 1.54) is 0 Å². The minimum absolute atomic E-state index is 0.248. The molecule has 0 radical (unpaired) electrons. The summed E-state index contributed by atoms with van der Waals surface area (Å²) in [5.74, 6) is 0.524. The Labute approximate surface area is 78.1 Å². The van der Waals surface area contributed by atoms with Crippen molar-refractivity contribution in [3.8, 4) is 5.88 Å². The minimum atomic E-state index is -0.248. The van der Waals surface area contributed by atoms with Crippen LogP contribution in [0.25, 0.3) is 0 Å². The molecule has 1 heterocycles. The largest absolute Gasteiger partial charge is 0.471 e. The standard InChI is InChI=1S/C9H15N3O/c1-9(2,3)13-8-6-11-5-7(4-10)12-8/h5-6H,4,10H2,1-3H3. The topological polar surface area (TPSA) is 61.0 Å². The van der Waals surface area contributed by atoms with E-state index >= 15 is 0 Å². The Bertz CT molecular complexity index is 280. The molecule has 72 valence electrons. The summed E-state index contributed by atoms with van der Waals surface area (Å²) in [6, 6.07) is 0. The first-order valence-electron chi connectivity index (χ1n) is 4.21. The lowest BCUT2D eigenvalue weighted by Crippen LogP contribution is -2.23. The Morgan fingerprint density at radius 1 is 1.38 bits per heavy atom. The van der Waals surface area contributed by atoms with Gasteiger partial charge in [0.05, 0.1) is 11.9 Å². The van der Waals surface area contributed by atoms with E-state index in [1.54, 1.807) is 12.4 Å². The van der Waals surface area contributed by atoms with Crippen molar-refractivity contribution in [1.82, 2.24) is 9.97 Å². The smallest absolute Gasteiger partial charge is 0.233 e. The molecular weight excluding hydrogens is 166 g/mol. The van der Waals surface area contributed by atoms with Gasteiger partial charge in [0.25, 0.3) is 0 Å². The fourth-order valence-corrected chi connectivity index (χ4v) is 0.848. The molecule has 0 atom stereocenters. The van der Waals surface area contributed by atoms with E-state index in [0.717, 1.165) is 5.69 Å². The van der Waals surface area contributed by atoms with E-state index in [2.05, 4.69) is 9.97 Å². The highest BCUT2D eigenvalue weighted by Gasteiger charge is 2.12. The first-order valence-corrected chi connectivity index (χ1v) is 4.21. The molecular formula is C9H15N3O. The van der Waals surface area contributed by atoms with Crippen LogP contribution in [0.3, 0.4) is 0 Å². The van der Waals surface area contributed by atoms with Crippen molar-refractivity contribution in [2.24, 2.45) is 5.73 Å². The predicted octanol–water partition coefficient (Wildman–Crippen LogP) is 1.11. The van der Waals surface area contributed by atoms with Gasteiger partial charge in [0, 0.05) is 12.7 Å². The van der Waals surface area contributed by atoms with Crippen molar-refractivity contribution in [3.63, 3.8) is 0 Å². The average Bonchev–Trinajstić information content (AvgIpc) is 2.01. The van der Waals surface area contributed by atoms with E-state index in [4.69, 9.17) is 10.5 Å². The monoisotopic (exact) mass is 181 g/mol. The van der Waals surface area contributed by atoms with E-state index in [9.17, 15) is 0 Å². The van der Waals surface area contributed by atoms with Gasteiger partial charge in [0.1, 0.15) is 5.60 Å². The first-order chi connectivity index (χ1) is 6.01. The molecule has 0 bridgehead atoms. The normalized spacial score (nSPS) is 11.4. The lowest BCUT2D eigenvalue weighted by Gasteiger charge is -2.19. The molecule has 13 heavy (non-hydrogen) atoms. The Kier molecular flexibility index (Phi) is 2.83. The van der Waals surface area contributed by atoms with Crippen LogP contribution in [0.1, 0.15) is 26.5 Å². The van der Waals surface area contributed by atoms with E-state index < -0.39 is 0 Å². The number of ether oxygens (including phenoxy) is 1. The van der Waals surface area contributed by atoms with Gasteiger partial charge in [-0.05, 0) is 20.8 Å². The van der Waals surface area contributed by atoms with Crippen LogP contribution < -0.4 is 10.5 Å². The molecule has 0 unspecified atom stereocenters. The zero-order valence-electron chi connectivity index (χ0n) is 8.24. The second-order valence-electron chi connectivity index (χ2n) is 3.77. The van der Waals surface area contributed by atoms with Gasteiger partial charge in [-0.1, -0.05) is 0 Å². The molecule has 0 aliphatic rings. The number of aromatic nitrogens is 2. The highest BCUT2D eigenvalue weighted by molar-refractivity contribution is 5.08. The molecule has 1 rings (SSSR count). The van der Waals surface area contributed by atoms with Crippen molar-refractivity contribution >= 4 is 0 Å². The summed E-state index contributed by atoms with van der Waals surface area (Å²) >= 11 is 0. The summed E-state index contributed by atoms with van der Waals surface area (Å²) in [5, 5.41) is 0. The van der Waals surface area contributed by atoms with Gasteiger partial charge in [-0.15, -0.1) is 0 Å². The summed E-state index contributed by atoms with van der Waals surface area (Å²) in [6.45, 7) is 6.27. The fourth-order valence-electron chi connectivity index (χ4n) is 0.848. The molecule has 4 heteroatoms. The molecule has 0 saturated carbocycles. The molecule has 0 aliphatic carbocycles. The third-order valence-electron chi connectivity index (χ3n) is 1.28. The number of rotatable bonds is 2. The maximum absolute atomic E-state index is 5.52. The van der Waals surface area contributed by atoms with Crippen LogP contribution in [0, 0.1) is 0 Å². The van der Waals surface area contributed by atoms with E-state index in [1.807, 2.05) is 20.8 Å². The van der Waals surface area contributed by atoms with Crippen molar-refractivity contribution in [2.75, 3.05) is 0 Å². The van der Waals surface area contributed by atoms with Crippen molar-refractivity contribution in [3.05, 3.63) is 18.1 Å². The van der Waals surface area contributed by atoms with Gasteiger partial charge in [-0.2, -0.15) is 0 Å². The van der Waals surface area contributed by atoms with Crippen LogP contribution in [0.2, 0.25) is 0 Å². The Balaban J connectivity index is 2.78. The maximum Gasteiger partial charge on any atom is 0.233 e. The molecule has 2 N–H and O–H groups in total. The summed E-state index contributed by atoms with van der Waals surface area (Å²) < 4.78 is 5.52. The fraction of sp³-hybridized carbons (Fsp3) is 0.556. The summed E-state index contributed by atoms with van der Waals surface area (Å²) in [6.07, 6.45) is 3.22. The molecule has 0 spiro atoms. The summed E-state index contributed by atoms with van der Waals surface area (Å²) in [5.41, 5.74) is 5.91. The molecule has 0 amide bonds.